The molecule has 3 N–H and O–H groups in total. The zero-order valence-electron chi connectivity index (χ0n) is 20.0. The van der Waals surface area contributed by atoms with Crippen molar-refractivity contribution in [3.63, 3.8) is 0 Å². The summed E-state index contributed by atoms with van der Waals surface area (Å²) in [6.45, 7) is 3.92. The largest absolute Gasteiger partial charge is 0.480 e. The van der Waals surface area contributed by atoms with Crippen LogP contribution in [0.3, 0.4) is 0 Å². The molecule has 0 radical (unpaired) electrons. The van der Waals surface area contributed by atoms with Gasteiger partial charge in [-0.2, -0.15) is 13.2 Å². The Kier molecular flexibility index (Phi) is 6.92. The van der Waals surface area contributed by atoms with Crippen LogP contribution in [-0.2, 0) is 11.3 Å². The lowest BCUT2D eigenvalue weighted by Gasteiger charge is -2.42. The van der Waals surface area contributed by atoms with Crippen LogP contribution < -0.4 is 15.4 Å². The summed E-state index contributed by atoms with van der Waals surface area (Å²) in [6, 6.07) is 8.34. The van der Waals surface area contributed by atoms with Crippen molar-refractivity contribution in [2.45, 2.75) is 69.9 Å². The lowest BCUT2D eigenvalue weighted by molar-refractivity contribution is -0.201. The molecule has 4 rings (SSSR count). The van der Waals surface area contributed by atoms with E-state index in [1.54, 1.807) is 18.2 Å². The van der Waals surface area contributed by atoms with E-state index in [1.807, 2.05) is 13.8 Å². The number of hydrogen-bond acceptors (Lipinski definition) is 5. The molecular formula is C25H28F3N5O3. The van der Waals surface area contributed by atoms with E-state index in [4.69, 9.17) is 10.1 Å². The lowest BCUT2D eigenvalue weighted by atomic mass is 9.87. The van der Waals surface area contributed by atoms with E-state index < -0.39 is 36.2 Å². The number of aromatic nitrogens is 1. The van der Waals surface area contributed by atoms with Crippen LogP contribution in [0.2, 0.25) is 0 Å². The molecule has 0 bridgehead atoms. The van der Waals surface area contributed by atoms with E-state index in [9.17, 15) is 22.8 Å². The molecule has 1 aromatic carbocycles. The van der Waals surface area contributed by atoms with E-state index in [1.165, 1.54) is 29.3 Å². The summed E-state index contributed by atoms with van der Waals surface area (Å²) in [5, 5.41) is 14.1. The van der Waals surface area contributed by atoms with Gasteiger partial charge in [0.25, 0.3) is 5.91 Å². The summed E-state index contributed by atoms with van der Waals surface area (Å²) in [4.78, 5) is 31.3. The minimum Gasteiger partial charge on any atom is -0.480 e. The van der Waals surface area contributed by atoms with Gasteiger partial charge in [0.05, 0.1) is 24.7 Å². The SMILES string of the molecule is CCC1(CC)CC(=O)N(Cc2cc(C(=O)N[C@H]3C[C@H](C(F)(F)F)Oc4ccccc43)ccn2)C(=N)N1. The molecule has 0 spiro atoms. The Bertz CT molecular complexity index is 1150. The molecule has 11 heteroatoms. The summed E-state index contributed by atoms with van der Waals surface area (Å²) in [7, 11) is 0. The molecule has 8 nitrogen and oxygen atoms in total. The molecule has 0 unspecified atom stereocenters. The number of guanidine groups is 1. The number of amides is 2. The molecule has 0 aliphatic carbocycles. The van der Waals surface area contributed by atoms with Crippen molar-refractivity contribution < 1.29 is 27.5 Å². The fourth-order valence-electron chi connectivity index (χ4n) is 4.58. The van der Waals surface area contributed by atoms with Gasteiger partial charge in [-0.15, -0.1) is 0 Å². The number of ether oxygens (including phenoxy) is 1. The van der Waals surface area contributed by atoms with Gasteiger partial charge in [0, 0.05) is 29.3 Å². The predicted molar refractivity (Wildman–Crippen MR) is 125 cm³/mol. The predicted octanol–water partition coefficient (Wildman–Crippen LogP) is 4.08. The maximum absolute atomic E-state index is 13.4. The van der Waals surface area contributed by atoms with Crippen molar-refractivity contribution in [2.24, 2.45) is 0 Å². The van der Waals surface area contributed by atoms with Gasteiger partial charge < -0.3 is 15.4 Å². The highest BCUT2D eigenvalue weighted by atomic mass is 19.4. The topological polar surface area (TPSA) is 107 Å². The number of nitrogens with one attached hydrogen (secondary N) is 3. The maximum Gasteiger partial charge on any atom is 0.425 e. The van der Waals surface area contributed by atoms with Gasteiger partial charge in [0.2, 0.25) is 5.91 Å². The Morgan fingerprint density at radius 3 is 2.67 bits per heavy atom. The number of alkyl halides is 3. The summed E-state index contributed by atoms with van der Waals surface area (Å²) >= 11 is 0. The Labute approximate surface area is 206 Å². The molecule has 2 atom stereocenters. The monoisotopic (exact) mass is 503 g/mol. The van der Waals surface area contributed by atoms with Gasteiger partial charge >= 0.3 is 6.18 Å². The molecular weight excluding hydrogens is 475 g/mol. The molecule has 0 saturated carbocycles. The molecule has 2 aliphatic heterocycles. The first-order valence-electron chi connectivity index (χ1n) is 11.8. The molecule has 2 amide bonds. The average molecular weight is 504 g/mol. The van der Waals surface area contributed by atoms with Crippen molar-refractivity contribution in [1.29, 1.82) is 5.41 Å². The highest BCUT2D eigenvalue weighted by Gasteiger charge is 2.46. The quantitative estimate of drug-likeness (QED) is 0.551. The minimum absolute atomic E-state index is 0.00839. The van der Waals surface area contributed by atoms with E-state index in [2.05, 4.69) is 15.6 Å². The second kappa shape index (κ2) is 9.79. The first-order chi connectivity index (χ1) is 17.0. The van der Waals surface area contributed by atoms with E-state index in [0.717, 1.165) is 0 Å². The number of nitrogens with zero attached hydrogens (tertiary/aromatic N) is 2. The number of halogens is 3. The zero-order valence-corrected chi connectivity index (χ0v) is 20.0. The molecule has 36 heavy (non-hydrogen) atoms. The highest BCUT2D eigenvalue weighted by molar-refractivity contribution is 5.99. The Balaban J connectivity index is 1.49. The van der Waals surface area contributed by atoms with Crippen LogP contribution in [-0.4, -0.2) is 45.5 Å². The van der Waals surface area contributed by atoms with Crippen LogP contribution in [0, 0.1) is 5.41 Å². The molecule has 3 heterocycles. The first kappa shape index (κ1) is 25.5. The van der Waals surface area contributed by atoms with Crippen LogP contribution in [0.5, 0.6) is 5.75 Å². The van der Waals surface area contributed by atoms with Gasteiger partial charge in [-0.1, -0.05) is 32.0 Å². The Morgan fingerprint density at radius 1 is 1.28 bits per heavy atom. The fourth-order valence-corrected chi connectivity index (χ4v) is 4.58. The van der Waals surface area contributed by atoms with Gasteiger partial charge in [0.1, 0.15) is 5.75 Å². The van der Waals surface area contributed by atoms with Crippen molar-refractivity contribution in [1.82, 2.24) is 20.5 Å². The normalized spacial score (nSPS) is 21.3. The lowest BCUT2D eigenvalue weighted by Crippen LogP contribution is -2.61. The van der Waals surface area contributed by atoms with Gasteiger partial charge in [0.15, 0.2) is 12.1 Å². The second-order valence-corrected chi connectivity index (χ2v) is 9.10. The molecule has 2 aliphatic rings. The molecule has 192 valence electrons. The Morgan fingerprint density at radius 2 is 2.00 bits per heavy atom. The van der Waals surface area contributed by atoms with Gasteiger partial charge in [-0.3, -0.25) is 24.9 Å². The second-order valence-electron chi connectivity index (χ2n) is 9.10. The van der Waals surface area contributed by atoms with E-state index >= 15 is 0 Å². The number of hydrogen-bond donors (Lipinski definition) is 3. The third-order valence-electron chi connectivity index (χ3n) is 6.88. The molecule has 1 fully saturated rings. The number of pyridine rings is 1. The number of fused-ring (bicyclic) bond motifs is 1. The number of benzene rings is 1. The van der Waals surface area contributed by atoms with Crippen LogP contribution in [0.1, 0.15) is 67.2 Å². The fraction of sp³-hybridized carbons (Fsp3) is 0.440. The summed E-state index contributed by atoms with van der Waals surface area (Å²) in [6.07, 6.45) is -4.03. The number of carbonyl (C=O) groups is 2. The van der Waals surface area contributed by atoms with Crippen LogP contribution in [0.25, 0.3) is 0 Å². The third-order valence-corrected chi connectivity index (χ3v) is 6.88. The van der Waals surface area contributed by atoms with Crippen LogP contribution >= 0.6 is 0 Å². The van der Waals surface area contributed by atoms with Crippen molar-refractivity contribution in [3.8, 4) is 5.75 Å². The van der Waals surface area contributed by atoms with Crippen LogP contribution in [0.4, 0.5) is 13.2 Å². The first-order valence-corrected chi connectivity index (χ1v) is 11.8. The molecule has 1 saturated heterocycles. The number of para-hydroxylation sites is 1. The van der Waals surface area contributed by atoms with E-state index in [-0.39, 0.29) is 36.1 Å². The smallest absolute Gasteiger partial charge is 0.425 e. The van der Waals surface area contributed by atoms with Crippen LogP contribution in [0.15, 0.2) is 42.6 Å². The zero-order chi connectivity index (χ0) is 26.1. The summed E-state index contributed by atoms with van der Waals surface area (Å²) < 4.78 is 45.3. The number of carbonyl (C=O) groups excluding carboxylic acids is 2. The maximum atomic E-state index is 13.4. The summed E-state index contributed by atoms with van der Waals surface area (Å²) in [5.41, 5.74) is 0.583. The highest BCUT2D eigenvalue weighted by Crippen LogP contribution is 2.40. The molecule has 1 aromatic heterocycles. The molecule has 2 aromatic rings. The summed E-state index contributed by atoms with van der Waals surface area (Å²) in [5.74, 6) is -0.730. The van der Waals surface area contributed by atoms with Crippen molar-refractivity contribution >= 4 is 17.8 Å². The average Bonchev–Trinajstić information content (AvgIpc) is 2.85. The van der Waals surface area contributed by atoms with Crippen molar-refractivity contribution in [2.75, 3.05) is 0 Å². The third kappa shape index (κ3) is 5.14. The van der Waals surface area contributed by atoms with Gasteiger partial charge in [-0.25, -0.2) is 0 Å². The van der Waals surface area contributed by atoms with Crippen molar-refractivity contribution in [3.05, 3.63) is 59.4 Å². The van der Waals surface area contributed by atoms with Gasteiger partial charge in [-0.05, 0) is 31.0 Å². The number of rotatable bonds is 6. The minimum atomic E-state index is -4.58. The van der Waals surface area contributed by atoms with E-state index in [0.29, 0.717) is 24.1 Å². The Hall–Kier alpha value is -3.63. The standard InChI is InChI=1S/C25H28F3N5O3/c1-3-24(4-2)13-21(34)33(23(29)32-24)14-16-11-15(9-10-30-16)22(35)31-18-12-20(25(26,27)28)36-19-8-6-5-7-17(18)19/h5-11,18,20H,3-4,12-14H2,1-2H3,(H2,29,32)(H,31,35)/t18-,20+/m0/s1.